The van der Waals surface area contributed by atoms with Gasteiger partial charge in [-0.3, -0.25) is 4.57 Å². The Kier molecular flexibility index (Phi) is 9.56. The largest absolute Gasteiger partial charge is 0.457 e. The predicted octanol–water partition coefficient (Wildman–Crippen LogP) is 12.3. The van der Waals surface area contributed by atoms with Crippen LogP contribution in [0, 0.1) is 0 Å². The zero-order valence-corrected chi connectivity index (χ0v) is 31.4. The number of aromatic nitrogens is 4. The lowest BCUT2D eigenvalue weighted by Crippen LogP contribution is -2.05. The molecule has 0 atom stereocenters. The van der Waals surface area contributed by atoms with Gasteiger partial charge in [-0.1, -0.05) is 91.8 Å². The zero-order chi connectivity index (χ0) is 35.8. The van der Waals surface area contributed by atoms with Crippen molar-refractivity contribution < 1.29 is 4.74 Å². The fourth-order valence-electron chi connectivity index (χ4n) is 7.58. The average molecular weight is 675 g/mol. The number of rotatable bonds is 11. The number of hydrogen-bond donors (Lipinski definition) is 0. The number of ether oxygens (including phenoxy) is 1. The molecule has 0 fully saturated rings. The SMILES string of the molecule is CCc1cccc(CC)c1-c1c(CC)nn(-c2cc(Oc3ccc4c5ccccc5n(-c5cc(C(C)C)ccn5)c4c3)cc(C(C)C)c2)c1CC. The minimum Gasteiger partial charge on any atom is -0.457 e. The second-order valence-corrected chi connectivity index (χ2v) is 14.2. The molecular weight excluding hydrogens is 625 g/mol. The first-order chi connectivity index (χ1) is 24.8. The molecule has 7 rings (SSSR count). The molecule has 5 heteroatoms. The van der Waals surface area contributed by atoms with Crippen LogP contribution in [0.5, 0.6) is 11.5 Å². The molecule has 0 saturated heterocycles. The number of aryl methyl sites for hydroxylation is 3. The Morgan fingerprint density at radius 2 is 1.33 bits per heavy atom. The fourth-order valence-corrected chi connectivity index (χ4v) is 7.58. The summed E-state index contributed by atoms with van der Waals surface area (Å²) in [6.07, 6.45) is 5.64. The summed E-state index contributed by atoms with van der Waals surface area (Å²) in [5.74, 6) is 3.23. The molecule has 5 nitrogen and oxygen atoms in total. The Labute approximate surface area is 302 Å². The molecule has 0 aliphatic carbocycles. The van der Waals surface area contributed by atoms with Crippen molar-refractivity contribution in [3.05, 3.63) is 131 Å². The van der Waals surface area contributed by atoms with Gasteiger partial charge in [0.25, 0.3) is 0 Å². The summed E-state index contributed by atoms with van der Waals surface area (Å²) in [5.41, 5.74) is 13.6. The Hall–Kier alpha value is -5.16. The average Bonchev–Trinajstić information content (AvgIpc) is 3.69. The number of para-hydroxylation sites is 1. The molecule has 4 aromatic carbocycles. The molecule has 3 heterocycles. The molecule has 7 aromatic rings. The van der Waals surface area contributed by atoms with Crippen LogP contribution in [0.4, 0.5) is 0 Å². The summed E-state index contributed by atoms with van der Waals surface area (Å²) in [5, 5.41) is 7.70. The normalized spacial score (nSPS) is 11.8. The summed E-state index contributed by atoms with van der Waals surface area (Å²) in [7, 11) is 0. The maximum atomic E-state index is 6.81. The number of benzene rings is 4. The molecule has 0 aliphatic heterocycles. The minimum absolute atomic E-state index is 0.315. The molecule has 51 heavy (non-hydrogen) atoms. The Morgan fingerprint density at radius 1 is 0.608 bits per heavy atom. The van der Waals surface area contributed by atoms with E-state index in [9.17, 15) is 0 Å². The van der Waals surface area contributed by atoms with Crippen molar-refractivity contribution in [1.29, 1.82) is 0 Å². The van der Waals surface area contributed by atoms with Crippen LogP contribution in [0.1, 0.15) is 101 Å². The van der Waals surface area contributed by atoms with Gasteiger partial charge in [-0.25, -0.2) is 9.67 Å². The number of nitrogens with zero attached hydrogens (tertiary/aromatic N) is 4. The van der Waals surface area contributed by atoms with Gasteiger partial charge < -0.3 is 4.74 Å². The highest BCUT2D eigenvalue weighted by Crippen LogP contribution is 2.39. The van der Waals surface area contributed by atoms with Gasteiger partial charge in [-0.15, -0.1) is 0 Å². The smallest absolute Gasteiger partial charge is 0.137 e. The van der Waals surface area contributed by atoms with Crippen LogP contribution >= 0.6 is 0 Å². The minimum atomic E-state index is 0.315. The van der Waals surface area contributed by atoms with E-state index in [4.69, 9.17) is 14.8 Å². The van der Waals surface area contributed by atoms with Gasteiger partial charge in [0.2, 0.25) is 0 Å². The molecule has 0 aliphatic rings. The lowest BCUT2D eigenvalue weighted by atomic mass is 9.89. The maximum Gasteiger partial charge on any atom is 0.137 e. The van der Waals surface area contributed by atoms with E-state index in [-0.39, 0.29) is 0 Å². The number of hydrogen-bond acceptors (Lipinski definition) is 3. The molecule has 0 bridgehead atoms. The van der Waals surface area contributed by atoms with Crippen molar-refractivity contribution in [2.45, 2.75) is 92.9 Å². The topological polar surface area (TPSA) is 44.9 Å². The van der Waals surface area contributed by atoms with Crippen molar-refractivity contribution in [2.24, 2.45) is 0 Å². The molecule has 0 amide bonds. The van der Waals surface area contributed by atoms with Gasteiger partial charge in [0.15, 0.2) is 0 Å². The standard InChI is InChI=1S/C46H50N4O/c1-9-31-16-15-17-32(10-2)45(31)46-40(11-3)48-50(41(46)12-4)35-24-34(30(7)8)25-37(27-35)51-36-20-21-39-38-18-13-14-19-42(38)49(43(39)28-36)44-26-33(29(5)6)22-23-47-44/h13-30H,9-12H2,1-8H3. The van der Waals surface area contributed by atoms with E-state index < -0.39 is 0 Å². The van der Waals surface area contributed by atoms with Crippen LogP contribution in [0.2, 0.25) is 0 Å². The van der Waals surface area contributed by atoms with Gasteiger partial charge in [0, 0.05) is 34.7 Å². The summed E-state index contributed by atoms with van der Waals surface area (Å²) < 4.78 is 11.3. The van der Waals surface area contributed by atoms with E-state index in [0.717, 1.165) is 65.4 Å². The second kappa shape index (κ2) is 14.2. The third kappa shape index (κ3) is 6.24. The molecule has 260 valence electrons. The van der Waals surface area contributed by atoms with Gasteiger partial charge in [-0.2, -0.15) is 5.10 Å². The van der Waals surface area contributed by atoms with E-state index in [2.05, 4.69) is 156 Å². The molecule has 0 N–H and O–H groups in total. The summed E-state index contributed by atoms with van der Waals surface area (Å²) in [6.45, 7) is 17.9. The van der Waals surface area contributed by atoms with Gasteiger partial charge in [0.05, 0.1) is 28.1 Å². The zero-order valence-electron chi connectivity index (χ0n) is 31.4. The third-order valence-corrected chi connectivity index (χ3v) is 10.3. The summed E-state index contributed by atoms with van der Waals surface area (Å²) in [6, 6.07) is 32.7. The first-order valence-electron chi connectivity index (χ1n) is 18.8. The monoisotopic (exact) mass is 674 g/mol. The fraction of sp³-hybridized carbons (Fsp3) is 0.304. The quantitative estimate of drug-likeness (QED) is 0.137. The Bertz CT molecular complexity index is 2330. The third-order valence-electron chi connectivity index (χ3n) is 10.3. The molecule has 3 aromatic heterocycles. The highest BCUT2D eigenvalue weighted by molar-refractivity contribution is 6.09. The van der Waals surface area contributed by atoms with Crippen molar-refractivity contribution in [3.63, 3.8) is 0 Å². The van der Waals surface area contributed by atoms with Gasteiger partial charge in [0.1, 0.15) is 17.3 Å². The van der Waals surface area contributed by atoms with Crippen LogP contribution in [0.15, 0.2) is 97.2 Å². The lowest BCUT2D eigenvalue weighted by molar-refractivity contribution is 0.481. The van der Waals surface area contributed by atoms with E-state index in [0.29, 0.717) is 11.8 Å². The molecule has 0 saturated carbocycles. The van der Waals surface area contributed by atoms with Crippen molar-refractivity contribution in [1.82, 2.24) is 19.3 Å². The van der Waals surface area contributed by atoms with E-state index in [1.165, 1.54) is 49.8 Å². The van der Waals surface area contributed by atoms with Crippen LogP contribution in [-0.2, 0) is 25.7 Å². The van der Waals surface area contributed by atoms with E-state index in [1.54, 1.807) is 0 Å². The van der Waals surface area contributed by atoms with Crippen LogP contribution in [0.25, 0.3) is 44.4 Å². The molecule has 0 radical (unpaired) electrons. The van der Waals surface area contributed by atoms with Crippen molar-refractivity contribution >= 4 is 21.8 Å². The number of pyridine rings is 1. The van der Waals surface area contributed by atoms with Gasteiger partial charge in [-0.05, 0) is 108 Å². The van der Waals surface area contributed by atoms with Crippen molar-refractivity contribution in [3.8, 4) is 34.1 Å². The van der Waals surface area contributed by atoms with Crippen LogP contribution in [0.3, 0.4) is 0 Å². The first-order valence-corrected chi connectivity index (χ1v) is 18.8. The highest BCUT2D eigenvalue weighted by atomic mass is 16.5. The van der Waals surface area contributed by atoms with Gasteiger partial charge >= 0.3 is 0 Å². The highest BCUT2D eigenvalue weighted by Gasteiger charge is 2.23. The Morgan fingerprint density at radius 3 is 2.02 bits per heavy atom. The summed E-state index contributed by atoms with van der Waals surface area (Å²) >= 11 is 0. The van der Waals surface area contributed by atoms with E-state index in [1.807, 2.05) is 6.20 Å². The van der Waals surface area contributed by atoms with Crippen LogP contribution in [-0.4, -0.2) is 19.3 Å². The molecule has 0 spiro atoms. The van der Waals surface area contributed by atoms with Crippen molar-refractivity contribution in [2.75, 3.05) is 0 Å². The second-order valence-electron chi connectivity index (χ2n) is 14.2. The first kappa shape index (κ1) is 34.3. The van der Waals surface area contributed by atoms with E-state index >= 15 is 0 Å². The summed E-state index contributed by atoms with van der Waals surface area (Å²) in [4.78, 5) is 4.84. The number of fused-ring (bicyclic) bond motifs is 3. The predicted molar refractivity (Wildman–Crippen MR) is 213 cm³/mol. The molecular formula is C46H50N4O. The lowest BCUT2D eigenvalue weighted by Gasteiger charge is -2.17. The van der Waals surface area contributed by atoms with Crippen LogP contribution < -0.4 is 4.74 Å². The molecule has 0 unspecified atom stereocenters. The Balaban J connectivity index is 1.37. The maximum absolute atomic E-state index is 6.81.